The maximum Gasteiger partial charge on any atom is 0.357 e. The Morgan fingerprint density at radius 2 is 1.83 bits per heavy atom. The normalized spacial score (nSPS) is 14.1. The van der Waals surface area contributed by atoms with Crippen LogP contribution < -0.4 is 35.6 Å². The van der Waals surface area contributed by atoms with Crippen LogP contribution in [-0.2, 0) is 20.7 Å². The number of anilines is 2. The van der Waals surface area contributed by atoms with Crippen LogP contribution in [0.4, 0.5) is 10.8 Å². The maximum absolute atomic E-state index is 13.8. The van der Waals surface area contributed by atoms with E-state index in [1.165, 1.54) is 34.3 Å². The quantitative estimate of drug-likeness (QED) is 0.232. The molecule has 2 atom stereocenters. The molecule has 0 saturated heterocycles. The minimum absolute atomic E-state index is 0.133. The molecular formula is C32H38N4O8S2. The molecule has 246 valence electrons. The molecule has 1 aliphatic carbocycles. The molecule has 1 heterocycles. The molecule has 0 spiro atoms. The third-order valence-electron chi connectivity index (χ3n) is 7.58. The van der Waals surface area contributed by atoms with E-state index in [1.54, 1.807) is 37.9 Å². The summed E-state index contributed by atoms with van der Waals surface area (Å²) in [6.07, 6.45) is 3.42. The van der Waals surface area contributed by atoms with E-state index < -0.39 is 24.0 Å². The molecule has 1 aliphatic rings. The Kier molecular flexibility index (Phi) is 11.5. The van der Waals surface area contributed by atoms with Gasteiger partial charge in [-0.05, 0) is 73.1 Å². The molecule has 3 N–H and O–H groups in total. The topological polar surface area (TPSA) is 154 Å². The smallest absolute Gasteiger partial charge is 0.357 e. The van der Waals surface area contributed by atoms with Crippen LogP contribution in [0.15, 0.2) is 29.1 Å². The fourth-order valence-electron chi connectivity index (χ4n) is 5.45. The number of esters is 1. The van der Waals surface area contributed by atoms with Gasteiger partial charge in [0.2, 0.25) is 23.0 Å². The number of benzene rings is 1. The Labute approximate surface area is 275 Å². The van der Waals surface area contributed by atoms with Gasteiger partial charge in [-0.2, -0.15) is 11.8 Å². The Morgan fingerprint density at radius 1 is 1.09 bits per heavy atom. The lowest BCUT2D eigenvalue weighted by Gasteiger charge is -2.19. The first-order chi connectivity index (χ1) is 22.1. The Balaban J connectivity index is 1.80. The van der Waals surface area contributed by atoms with Gasteiger partial charge in [-0.25, -0.2) is 9.78 Å². The average Bonchev–Trinajstić information content (AvgIpc) is 3.24. The third kappa shape index (κ3) is 7.39. The number of carbonyl (C=O) groups is 3. The van der Waals surface area contributed by atoms with Crippen LogP contribution in [0.2, 0.25) is 0 Å². The van der Waals surface area contributed by atoms with Crippen LogP contribution in [0, 0.1) is 6.92 Å². The largest absolute Gasteiger partial charge is 0.493 e. The van der Waals surface area contributed by atoms with E-state index in [9.17, 15) is 19.2 Å². The lowest BCUT2D eigenvalue weighted by molar-refractivity contribution is -0.120. The molecule has 0 fully saturated rings. The highest BCUT2D eigenvalue weighted by molar-refractivity contribution is 7.98. The van der Waals surface area contributed by atoms with E-state index in [1.807, 2.05) is 12.3 Å². The van der Waals surface area contributed by atoms with Crippen LogP contribution in [0.1, 0.15) is 52.3 Å². The van der Waals surface area contributed by atoms with Crippen molar-refractivity contribution in [2.75, 3.05) is 51.1 Å². The summed E-state index contributed by atoms with van der Waals surface area (Å²) in [7, 11) is 5.88. The number of methoxy groups -OCH3 is 4. The van der Waals surface area contributed by atoms with Gasteiger partial charge in [0.1, 0.15) is 6.04 Å². The molecule has 14 heteroatoms. The van der Waals surface area contributed by atoms with Crippen LogP contribution in [0.5, 0.6) is 17.2 Å². The molecule has 2 aromatic carbocycles. The highest BCUT2D eigenvalue weighted by Gasteiger charge is 2.30. The number of thioether (sulfide) groups is 1. The second-order valence-electron chi connectivity index (χ2n) is 10.5. The van der Waals surface area contributed by atoms with Gasteiger partial charge in [0.15, 0.2) is 22.3 Å². The fourth-order valence-corrected chi connectivity index (χ4v) is 6.72. The molecular weight excluding hydrogens is 633 g/mol. The monoisotopic (exact) mass is 670 g/mol. The number of ether oxygens (including phenoxy) is 4. The summed E-state index contributed by atoms with van der Waals surface area (Å²) in [5.41, 5.74) is 2.88. The van der Waals surface area contributed by atoms with E-state index >= 15 is 0 Å². The van der Waals surface area contributed by atoms with Crippen molar-refractivity contribution in [2.24, 2.45) is 0 Å². The second kappa shape index (κ2) is 15.3. The highest BCUT2D eigenvalue weighted by atomic mass is 32.2. The zero-order valence-corrected chi connectivity index (χ0v) is 28.5. The van der Waals surface area contributed by atoms with Gasteiger partial charge in [0, 0.05) is 17.4 Å². The van der Waals surface area contributed by atoms with Crippen molar-refractivity contribution in [3.8, 4) is 28.4 Å². The van der Waals surface area contributed by atoms with Crippen molar-refractivity contribution in [3.63, 3.8) is 0 Å². The van der Waals surface area contributed by atoms with Crippen LogP contribution in [-0.4, -0.2) is 69.3 Å². The minimum Gasteiger partial charge on any atom is -0.493 e. The Bertz CT molecular complexity index is 1690. The van der Waals surface area contributed by atoms with Crippen molar-refractivity contribution in [3.05, 3.63) is 56.2 Å². The maximum atomic E-state index is 13.8. The van der Waals surface area contributed by atoms with E-state index in [2.05, 4.69) is 20.9 Å². The fraction of sp³-hybridized carbons (Fsp3) is 0.406. The number of rotatable bonds is 12. The van der Waals surface area contributed by atoms with Crippen LogP contribution >= 0.6 is 23.1 Å². The lowest BCUT2D eigenvalue weighted by atomic mass is 9.95. The number of carbonyl (C=O) groups excluding carboxylic acids is 3. The number of thiazole rings is 1. The molecule has 3 aromatic rings. The zero-order valence-electron chi connectivity index (χ0n) is 26.8. The van der Waals surface area contributed by atoms with Crippen molar-refractivity contribution >= 4 is 51.7 Å². The minimum atomic E-state index is -0.801. The number of hydrogen-bond acceptors (Lipinski definition) is 12. The second-order valence-corrected chi connectivity index (χ2v) is 12.7. The van der Waals surface area contributed by atoms with Crippen molar-refractivity contribution in [1.29, 1.82) is 0 Å². The van der Waals surface area contributed by atoms with Gasteiger partial charge in [-0.3, -0.25) is 14.4 Å². The molecule has 46 heavy (non-hydrogen) atoms. The van der Waals surface area contributed by atoms with E-state index in [-0.39, 0.29) is 27.8 Å². The van der Waals surface area contributed by atoms with Gasteiger partial charge in [-0.15, -0.1) is 11.3 Å². The Hall–Kier alpha value is -4.30. The predicted octanol–water partition coefficient (Wildman–Crippen LogP) is 4.59. The molecule has 0 bridgehead atoms. The number of nitrogens with zero attached hydrogens (tertiary/aromatic N) is 1. The summed E-state index contributed by atoms with van der Waals surface area (Å²) in [5, 5.41) is 9.17. The first-order valence-electron chi connectivity index (χ1n) is 14.5. The van der Waals surface area contributed by atoms with Gasteiger partial charge < -0.3 is 34.9 Å². The number of fused-ring (bicyclic) bond motifs is 3. The molecule has 0 aliphatic heterocycles. The number of aryl methyl sites for hydroxylation is 2. The summed E-state index contributed by atoms with van der Waals surface area (Å²) < 4.78 is 21.9. The molecule has 0 unspecified atom stereocenters. The molecule has 12 nitrogen and oxygen atoms in total. The van der Waals surface area contributed by atoms with Gasteiger partial charge in [-0.1, -0.05) is 6.07 Å². The average molecular weight is 671 g/mol. The highest BCUT2D eigenvalue weighted by Crippen LogP contribution is 2.50. The standard InChI is InChI=1S/C32H38N4O8S2/c1-16-27(31(40)44-6)35-32(46-16)36-30(39)23(12-13-45-7)34-22-11-9-19-20(15-24(22)38)21(33-17(2)37)10-8-18-14-25(41-3)28(42-4)29(43-5)26(18)19/h9,11,14-15,21,23H,8,10,12-13H2,1-7H3,(H,33,37)(H,34,38)(H,35,36,39)/t21-,23-/m1/s1. The van der Waals surface area contributed by atoms with Gasteiger partial charge >= 0.3 is 5.97 Å². The van der Waals surface area contributed by atoms with E-state index in [4.69, 9.17) is 18.9 Å². The third-order valence-corrected chi connectivity index (χ3v) is 9.11. The van der Waals surface area contributed by atoms with Crippen LogP contribution in [0.25, 0.3) is 11.1 Å². The van der Waals surface area contributed by atoms with Crippen LogP contribution in [0.3, 0.4) is 0 Å². The van der Waals surface area contributed by atoms with E-state index in [0.717, 1.165) is 22.5 Å². The van der Waals surface area contributed by atoms with Gasteiger partial charge in [0.25, 0.3) is 0 Å². The van der Waals surface area contributed by atoms with Gasteiger partial charge in [0.05, 0.1) is 40.2 Å². The number of hydrogen-bond donors (Lipinski definition) is 3. The summed E-state index contributed by atoms with van der Waals surface area (Å²) in [5.74, 6) is 0.746. The summed E-state index contributed by atoms with van der Waals surface area (Å²) in [4.78, 5) is 56.4. The molecule has 0 saturated carbocycles. The predicted molar refractivity (Wildman–Crippen MR) is 180 cm³/mol. The Morgan fingerprint density at radius 3 is 2.46 bits per heavy atom. The number of amides is 2. The summed E-state index contributed by atoms with van der Waals surface area (Å²) in [6, 6.07) is 5.55. The summed E-state index contributed by atoms with van der Waals surface area (Å²) >= 11 is 2.72. The molecule has 1 aromatic heterocycles. The SMILES string of the molecule is COC(=O)c1nc(NC(=O)[C@@H](CCSC)Nc2ccc3c(cc2=O)[C@H](NC(C)=O)CCc2cc(OC)c(OC)c(OC)c2-3)sc1C. The first kappa shape index (κ1) is 34.6. The molecule has 2 amide bonds. The van der Waals surface area contributed by atoms with Crippen molar-refractivity contribution in [2.45, 2.75) is 45.2 Å². The number of nitrogens with one attached hydrogen (secondary N) is 3. The lowest BCUT2D eigenvalue weighted by Crippen LogP contribution is -2.36. The zero-order chi connectivity index (χ0) is 33.5. The van der Waals surface area contributed by atoms with Crippen molar-refractivity contribution in [1.82, 2.24) is 10.3 Å². The number of aromatic nitrogens is 1. The summed E-state index contributed by atoms with van der Waals surface area (Å²) in [6.45, 7) is 3.15. The molecule has 4 rings (SSSR count). The van der Waals surface area contributed by atoms with E-state index in [0.29, 0.717) is 58.3 Å². The molecule has 0 radical (unpaired) electrons. The first-order valence-corrected chi connectivity index (χ1v) is 16.7. The van der Waals surface area contributed by atoms with Crippen molar-refractivity contribution < 1.29 is 33.3 Å².